The average Bonchev–Trinajstić information content (AvgIpc) is 2.62. The first kappa shape index (κ1) is 18.6. The first-order valence-electron chi connectivity index (χ1n) is 8.25. The molecular formula is C19H23N3O3. The quantitative estimate of drug-likeness (QED) is 0.429. The summed E-state index contributed by atoms with van der Waals surface area (Å²) in [6.07, 6.45) is 8.38. The molecule has 0 aliphatic rings. The van der Waals surface area contributed by atoms with Gasteiger partial charge in [0.05, 0.1) is 5.71 Å². The number of unbranched alkanes of at least 4 members (excludes halogenated alkanes) is 1. The van der Waals surface area contributed by atoms with Crippen LogP contribution in [0.4, 0.5) is 0 Å². The van der Waals surface area contributed by atoms with E-state index in [2.05, 4.69) is 29.0 Å². The van der Waals surface area contributed by atoms with Crippen LogP contribution in [0.2, 0.25) is 0 Å². The highest BCUT2D eigenvalue weighted by Gasteiger charge is 2.30. The first-order chi connectivity index (χ1) is 12.0. The fourth-order valence-electron chi connectivity index (χ4n) is 2.45. The number of hydrogen-bond donors (Lipinski definition) is 1. The molecule has 0 amide bonds. The molecule has 0 spiro atoms. The van der Waals surface area contributed by atoms with Crippen LogP contribution in [0.5, 0.6) is 0 Å². The summed E-state index contributed by atoms with van der Waals surface area (Å²) in [5.74, 6) is -0.794. The topological polar surface area (TPSA) is 84.7 Å². The zero-order valence-corrected chi connectivity index (χ0v) is 14.6. The number of hydrogen-bond acceptors (Lipinski definition) is 5. The highest BCUT2D eigenvalue weighted by Crippen LogP contribution is 2.28. The Morgan fingerprint density at radius 3 is 2.48 bits per heavy atom. The Labute approximate surface area is 147 Å². The Bertz CT molecular complexity index is 700. The van der Waals surface area contributed by atoms with Gasteiger partial charge < -0.3 is 9.94 Å². The molecule has 0 saturated heterocycles. The minimum absolute atomic E-state index is 0.143. The summed E-state index contributed by atoms with van der Waals surface area (Å²) in [5.41, 5.74) is 2.24. The molecule has 0 unspecified atom stereocenters. The molecule has 6 heteroatoms. The molecule has 2 rings (SSSR count). The second-order valence-corrected chi connectivity index (χ2v) is 6.23. The van der Waals surface area contributed by atoms with E-state index in [-0.39, 0.29) is 6.42 Å². The third-order valence-electron chi connectivity index (χ3n) is 3.94. The number of nitrogens with zero attached hydrogens (tertiary/aromatic N) is 3. The lowest BCUT2D eigenvalue weighted by Crippen LogP contribution is -2.30. The minimum Gasteiger partial charge on any atom is -0.481 e. The number of carboxylic acids is 1. The molecule has 2 heterocycles. The van der Waals surface area contributed by atoms with Crippen LogP contribution in [0.25, 0.3) is 0 Å². The molecule has 132 valence electrons. The predicted octanol–water partition coefficient (Wildman–Crippen LogP) is 3.43. The second kappa shape index (κ2) is 8.92. The smallest absolute Gasteiger partial charge is 0.303 e. The van der Waals surface area contributed by atoms with Gasteiger partial charge in [-0.3, -0.25) is 14.8 Å². The van der Waals surface area contributed by atoms with Gasteiger partial charge in [-0.25, -0.2) is 0 Å². The van der Waals surface area contributed by atoms with Crippen LogP contribution in [0.3, 0.4) is 0 Å². The van der Waals surface area contributed by atoms with Gasteiger partial charge in [-0.05, 0) is 50.5 Å². The summed E-state index contributed by atoms with van der Waals surface area (Å²) >= 11 is 0. The molecule has 0 bridgehead atoms. The molecule has 0 fully saturated rings. The molecule has 0 aromatic carbocycles. The Morgan fingerprint density at radius 1 is 1.16 bits per heavy atom. The van der Waals surface area contributed by atoms with Crippen molar-refractivity contribution in [2.75, 3.05) is 6.61 Å². The molecule has 0 saturated carbocycles. The van der Waals surface area contributed by atoms with Gasteiger partial charge in [0, 0.05) is 42.2 Å². The molecule has 25 heavy (non-hydrogen) atoms. The highest BCUT2D eigenvalue weighted by atomic mass is 16.6. The number of rotatable bonds is 9. The number of oxime groups is 1. The lowest BCUT2D eigenvalue weighted by molar-refractivity contribution is -0.137. The fourth-order valence-corrected chi connectivity index (χ4v) is 2.45. The molecule has 2 aromatic heterocycles. The van der Waals surface area contributed by atoms with Gasteiger partial charge in [0.15, 0.2) is 0 Å². The van der Waals surface area contributed by atoms with Crippen LogP contribution in [0.1, 0.15) is 44.2 Å². The number of aliphatic carboxylic acids is 1. The maximum Gasteiger partial charge on any atom is 0.303 e. The molecule has 2 aromatic rings. The zero-order chi connectivity index (χ0) is 18.1. The number of aromatic nitrogens is 2. The Hall–Kier alpha value is -2.76. The van der Waals surface area contributed by atoms with Crippen LogP contribution in [0, 0.1) is 0 Å². The van der Waals surface area contributed by atoms with Crippen molar-refractivity contribution >= 4 is 11.7 Å². The van der Waals surface area contributed by atoms with Gasteiger partial charge in [-0.2, -0.15) is 0 Å². The van der Waals surface area contributed by atoms with Crippen molar-refractivity contribution in [2.24, 2.45) is 5.16 Å². The van der Waals surface area contributed by atoms with Crippen LogP contribution >= 0.6 is 0 Å². The lowest BCUT2D eigenvalue weighted by Gasteiger charge is -2.26. The summed E-state index contributed by atoms with van der Waals surface area (Å²) in [6.45, 7) is 4.49. The van der Waals surface area contributed by atoms with Crippen molar-refractivity contribution in [1.29, 1.82) is 0 Å². The summed E-state index contributed by atoms with van der Waals surface area (Å²) in [5, 5.41) is 13.0. The summed E-state index contributed by atoms with van der Waals surface area (Å²) in [6, 6.07) is 7.70. The van der Waals surface area contributed by atoms with Gasteiger partial charge in [0.1, 0.15) is 6.61 Å². The summed E-state index contributed by atoms with van der Waals surface area (Å²) in [7, 11) is 0. The van der Waals surface area contributed by atoms with E-state index in [1.54, 1.807) is 18.6 Å². The first-order valence-corrected chi connectivity index (χ1v) is 8.25. The number of carboxylic acid groups (broad SMARTS) is 1. The van der Waals surface area contributed by atoms with Crippen molar-refractivity contribution in [1.82, 2.24) is 9.97 Å². The van der Waals surface area contributed by atoms with Gasteiger partial charge in [-0.1, -0.05) is 11.2 Å². The molecule has 1 N–H and O–H groups in total. The number of pyridine rings is 2. The highest BCUT2D eigenvalue weighted by molar-refractivity contribution is 6.07. The molecule has 0 aliphatic heterocycles. The van der Waals surface area contributed by atoms with Gasteiger partial charge >= 0.3 is 5.97 Å². The Morgan fingerprint density at radius 2 is 1.88 bits per heavy atom. The molecule has 6 nitrogen and oxygen atoms in total. The monoisotopic (exact) mass is 341 g/mol. The lowest BCUT2D eigenvalue weighted by atomic mass is 9.78. The molecule has 0 radical (unpaired) electrons. The Kier molecular flexibility index (Phi) is 6.62. The Balaban J connectivity index is 2.16. The van der Waals surface area contributed by atoms with Gasteiger partial charge in [0.2, 0.25) is 0 Å². The van der Waals surface area contributed by atoms with E-state index in [1.807, 2.05) is 30.5 Å². The summed E-state index contributed by atoms with van der Waals surface area (Å²) in [4.78, 5) is 24.4. The maximum atomic E-state index is 10.5. The van der Waals surface area contributed by atoms with E-state index in [0.717, 1.165) is 16.8 Å². The van der Waals surface area contributed by atoms with Crippen molar-refractivity contribution in [3.63, 3.8) is 0 Å². The predicted molar refractivity (Wildman–Crippen MR) is 95.5 cm³/mol. The molecule has 0 aliphatic carbocycles. The second-order valence-electron chi connectivity index (χ2n) is 6.23. The van der Waals surface area contributed by atoms with Crippen molar-refractivity contribution in [3.8, 4) is 0 Å². The van der Waals surface area contributed by atoms with Gasteiger partial charge in [0.25, 0.3) is 0 Å². The molecular weight excluding hydrogens is 318 g/mol. The zero-order valence-electron chi connectivity index (χ0n) is 14.6. The normalized spacial score (nSPS) is 12.0. The third-order valence-corrected chi connectivity index (χ3v) is 3.94. The average molecular weight is 341 g/mol. The van der Waals surface area contributed by atoms with E-state index < -0.39 is 11.4 Å². The third kappa shape index (κ3) is 5.38. The van der Waals surface area contributed by atoms with Crippen molar-refractivity contribution < 1.29 is 14.7 Å². The summed E-state index contributed by atoms with van der Waals surface area (Å²) < 4.78 is 0. The standard InChI is InChI=1S/C19H23N3O3/c1-19(2,16-8-6-11-21-14-16)18(15-7-5-10-20-13-15)22-25-12-4-3-9-17(23)24/h5-8,10-11,13-14H,3-4,9,12H2,1-2H3,(H,23,24)/b22-18+. The maximum absolute atomic E-state index is 10.5. The SMILES string of the molecule is CC(C)(/C(=N/OCCCCC(=O)O)c1cccnc1)c1cccnc1. The van der Waals surface area contributed by atoms with E-state index >= 15 is 0 Å². The fraction of sp³-hybridized carbons (Fsp3) is 0.368. The number of carbonyl (C=O) groups is 1. The van der Waals surface area contributed by atoms with Crippen molar-refractivity contribution in [3.05, 3.63) is 60.2 Å². The largest absolute Gasteiger partial charge is 0.481 e. The molecule has 0 atom stereocenters. The van der Waals surface area contributed by atoms with Crippen LogP contribution < -0.4 is 0 Å². The van der Waals surface area contributed by atoms with Gasteiger partial charge in [-0.15, -0.1) is 0 Å². The van der Waals surface area contributed by atoms with E-state index in [4.69, 9.17) is 9.94 Å². The van der Waals surface area contributed by atoms with E-state index in [1.165, 1.54) is 0 Å². The van der Waals surface area contributed by atoms with E-state index in [0.29, 0.717) is 19.4 Å². The van der Waals surface area contributed by atoms with Crippen molar-refractivity contribution in [2.45, 2.75) is 38.5 Å². The van der Waals surface area contributed by atoms with Crippen LogP contribution in [-0.2, 0) is 15.0 Å². The minimum atomic E-state index is -0.794. The van der Waals surface area contributed by atoms with Crippen LogP contribution in [-0.4, -0.2) is 33.4 Å². The van der Waals surface area contributed by atoms with Crippen LogP contribution in [0.15, 0.2) is 54.2 Å². The van der Waals surface area contributed by atoms with E-state index in [9.17, 15) is 4.79 Å².